The monoisotopic (exact) mass is 232 g/mol. The van der Waals surface area contributed by atoms with Gasteiger partial charge in [-0.25, -0.2) is 0 Å². The summed E-state index contributed by atoms with van der Waals surface area (Å²) in [4.78, 5) is 8.67. The number of para-hydroxylation sites is 1. The van der Waals surface area contributed by atoms with E-state index >= 15 is 0 Å². The first-order valence-corrected chi connectivity index (χ1v) is 5.86. The fourth-order valence-corrected chi connectivity index (χ4v) is 1.84. The summed E-state index contributed by atoms with van der Waals surface area (Å²) < 4.78 is 0. The van der Waals surface area contributed by atoms with Gasteiger partial charge in [0, 0.05) is 17.8 Å². The summed E-state index contributed by atoms with van der Waals surface area (Å²) in [6.45, 7) is 0. The molecule has 1 aromatic carbocycles. The highest BCUT2D eigenvalue weighted by molar-refractivity contribution is 5.82. The van der Waals surface area contributed by atoms with Crippen LogP contribution >= 0.6 is 0 Å². The van der Waals surface area contributed by atoms with Crippen LogP contribution in [0.4, 0.5) is 0 Å². The second-order valence-electron chi connectivity index (χ2n) is 4.05. The van der Waals surface area contributed by atoms with Crippen LogP contribution in [-0.2, 0) is 0 Å². The molecule has 0 saturated heterocycles. The van der Waals surface area contributed by atoms with Crippen molar-refractivity contribution in [2.75, 3.05) is 0 Å². The van der Waals surface area contributed by atoms with Crippen LogP contribution in [0.3, 0.4) is 0 Å². The van der Waals surface area contributed by atoms with E-state index in [1.165, 1.54) is 0 Å². The van der Waals surface area contributed by atoms with Gasteiger partial charge < -0.3 is 0 Å². The number of fused-ring (bicyclic) bond motifs is 1. The third-order valence-corrected chi connectivity index (χ3v) is 2.75. The molecule has 0 saturated carbocycles. The minimum absolute atomic E-state index is 0.950. The highest BCUT2D eigenvalue weighted by atomic mass is 14.7. The van der Waals surface area contributed by atoms with E-state index < -0.39 is 0 Å². The summed E-state index contributed by atoms with van der Waals surface area (Å²) in [7, 11) is 0. The molecule has 3 rings (SSSR count). The Hall–Kier alpha value is -2.48. The smallest absolute Gasteiger partial charge is 0.0702 e. The lowest BCUT2D eigenvalue weighted by Gasteiger charge is -1.98. The molecule has 0 spiro atoms. The number of nitrogens with zero attached hydrogens (tertiary/aromatic N) is 2. The number of benzene rings is 1. The maximum atomic E-state index is 4.42. The van der Waals surface area contributed by atoms with Crippen molar-refractivity contribution in [1.82, 2.24) is 9.97 Å². The zero-order valence-corrected chi connectivity index (χ0v) is 9.82. The molecule has 0 N–H and O–H groups in total. The summed E-state index contributed by atoms with van der Waals surface area (Å²) in [5.41, 5.74) is 3.05. The Morgan fingerprint density at radius 3 is 2.61 bits per heavy atom. The molecular formula is C16H12N2. The lowest BCUT2D eigenvalue weighted by atomic mass is 10.1. The molecular weight excluding hydrogens is 220 g/mol. The van der Waals surface area contributed by atoms with Crippen molar-refractivity contribution in [3.63, 3.8) is 0 Å². The molecule has 2 aromatic heterocycles. The lowest BCUT2D eigenvalue weighted by molar-refractivity contribution is 1.30. The van der Waals surface area contributed by atoms with Crippen molar-refractivity contribution in [1.29, 1.82) is 0 Å². The average Bonchev–Trinajstić information content (AvgIpc) is 2.46. The second kappa shape index (κ2) is 4.80. The molecule has 0 atom stereocenters. The number of pyridine rings is 2. The van der Waals surface area contributed by atoms with Gasteiger partial charge in [-0.1, -0.05) is 30.3 Å². The van der Waals surface area contributed by atoms with Crippen molar-refractivity contribution in [2.45, 2.75) is 0 Å². The van der Waals surface area contributed by atoms with Crippen LogP contribution in [0.15, 0.2) is 60.9 Å². The topological polar surface area (TPSA) is 25.8 Å². The van der Waals surface area contributed by atoms with E-state index in [0.717, 1.165) is 22.2 Å². The number of hydrogen-bond acceptors (Lipinski definition) is 2. The molecule has 0 aliphatic carbocycles. The Bertz CT molecular complexity index is 688. The largest absolute Gasteiger partial charge is 0.257 e. The number of aromatic nitrogens is 2. The molecule has 18 heavy (non-hydrogen) atoms. The van der Waals surface area contributed by atoms with Gasteiger partial charge in [-0.3, -0.25) is 9.97 Å². The fraction of sp³-hybridized carbons (Fsp3) is 0. The van der Waals surface area contributed by atoms with E-state index in [9.17, 15) is 0 Å². The van der Waals surface area contributed by atoms with E-state index in [2.05, 4.69) is 22.1 Å². The molecule has 0 radical (unpaired) electrons. The second-order valence-corrected chi connectivity index (χ2v) is 4.05. The van der Waals surface area contributed by atoms with Gasteiger partial charge >= 0.3 is 0 Å². The van der Waals surface area contributed by atoms with Crippen LogP contribution in [0.5, 0.6) is 0 Å². The van der Waals surface area contributed by atoms with Crippen LogP contribution in [-0.4, -0.2) is 9.97 Å². The maximum Gasteiger partial charge on any atom is 0.0702 e. The van der Waals surface area contributed by atoms with Crippen molar-refractivity contribution in [2.24, 2.45) is 0 Å². The first kappa shape index (κ1) is 10.7. The Kier molecular flexibility index (Phi) is 2.84. The van der Waals surface area contributed by atoms with Crippen LogP contribution in [0, 0.1) is 0 Å². The summed E-state index contributed by atoms with van der Waals surface area (Å²) in [6.07, 6.45) is 7.69. The van der Waals surface area contributed by atoms with E-state index in [4.69, 9.17) is 0 Å². The zero-order valence-electron chi connectivity index (χ0n) is 9.82. The predicted molar refractivity (Wildman–Crippen MR) is 74.9 cm³/mol. The van der Waals surface area contributed by atoms with Gasteiger partial charge in [0.15, 0.2) is 0 Å². The molecule has 3 aromatic rings. The Morgan fingerprint density at radius 1 is 0.833 bits per heavy atom. The van der Waals surface area contributed by atoms with Gasteiger partial charge in [-0.2, -0.15) is 0 Å². The van der Waals surface area contributed by atoms with E-state index in [1.807, 2.05) is 54.7 Å². The third-order valence-electron chi connectivity index (χ3n) is 2.75. The lowest BCUT2D eigenvalue weighted by Crippen LogP contribution is -1.81. The number of rotatable bonds is 2. The molecule has 2 heteroatoms. The van der Waals surface area contributed by atoms with Crippen molar-refractivity contribution >= 4 is 23.1 Å². The Balaban J connectivity index is 1.93. The average molecular weight is 232 g/mol. The minimum atomic E-state index is 0.950. The maximum absolute atomic E-state index is 4.42. The Morgan fingerprint density at radius 2 is 1.72 bits per heavy atom. The van der Waals surface area contributed by atoms with E-state index in [-0.39, 0.29) is 0 Å². The van der Waals surface area contributed by atoms with Gasteiger partial charge in [0.2, 0.25) is 0 Å². The van der Waals surface area contributed by atoms with Gasteiger partial charge in [0.25, 0.3) is 0 Å². The summed E-state index contributed by atoms with van der Waals surface area (Å²) >= 11 is 0. The van der Waals surface area contributed by atoms with Crippen molar-refractivity contribution < 1.29 is 0 Å². The standard InChI is InChI=1S/C16H12N2/c1-2-7-16-14(5-1)11-13(12-18-16)8-9-15-6-3-4-10-17-15/h1-12H/b9-8+. The first-order chi connectivity index (χ1) is 8.92. The zero-order chi connectivity index (χ0) is 12.2. The van der Waals surface area contributed by atoms with Crippen LogP contribution in [0.25, 0.3) is 23.1 Å². The quantitative estimate of drug-likeness (QED) is 0.671. The van der Waals surface area contributed by atoms with Gasteiger partial charge in [-0.05, 0) is 35.9 Å². The first-order valence-electron chi connectivity index (χ1n) is 5.86. The SMILES string of the molecule is C(=C\c1ccccn1)/c1cnc2ccccc2c1. The third kappa shape index (κ3) is 2.28. The molecule has 2 nitrogen and oxygen atoms in total. The highest BCUT2D eigenvalue weighted by Gasteiger charge is 1.94. The molecule has 0 aliphatic heterocycles. The van der Waals surface area contributed by atoms with Crippen LogP contribution in [0.1, 0.15) is 11.3 Å². The molecule has 86 valence electrons. The van der Waals surface area contributed by atoms with E-state index in [0.29, 0.717) is 0 Å². The molecule has 0 aliphatic rings. The van der Waals surface area contributed by atoms with Crippen molar-refractivity contribution in [3.8, 4) is 0 Å². The molecule has 2 heterocycles. The molecule has 0 amide bonds. The van der Waals surface area contributed by atoms with Crippen LogP contribution < -0.4 is 0 Å². The fourth-order valence-electron chi connectivity index (χ4n) is 1.84. The Labute approximate surface area is 106 Å². The van der Waals surface area contributed by atoms with Gasteiger partial charge in [0.1, 0.15) is 0 Å². The molecule has 0 fully saturated rings. The van der Waals surface area contributed by atoms with Crippen LogP contribution in [0.2, 0.25) is 0 Å². The predicted octanol–water partition coefficient (Wildman–Crippen LogP) is 3.80. The minimum Gasteiger partial charge on any atom is -0.257 e. The van der Waals surface area contributed by atoms with E-state index in [1.54, 1.807) is 6.20 Å². The molecule has 0 unspecified atom stereocenters. The number of hydrogen-bond donors (Lipinski definition) is 0. The normalized spacial score (nSPS) is 11.1. The van der Waals surface area contributed by atoms with Gasteiger partial charge in [-0.15, -0.1) is 0 Å². The summed E-state index contributed by atoms with van der Waals surface area (Å²) in [6, 6.07) is 16.1. The van der Waals surface area contributed by atoms with Crippen molar-refractivity contribution in [3.05, 3.63) is 72.2 Å². The summed E-state index contributed by atoms with van der Waals surface area (Å²) in [5, 5.41) is 1.15. The highest BCUT2D eigenvalue weighted by Crippen LogP contribution is 2.14. The van der Waals surface area contributed by atoms with Gasteiger partial charge in [0.05, 0.1) is 11.2 Å². The summed E-state index contributed by atoms with van der Waals surface area (Å²) in [5.74, 6) is 0. The molecule has 0 bridgehead atoms.